The van der Waals surface area contributed by atoms with E-state index in [1.165, 1.54) is 16.4 Å². The summed E-state index contributed by atoms with van der Waals surface area (Å²) in [4.78, 5) is 13.7. The van der Waals surface area contributed by atoms with Crippen LogP contribution in [0.3, 0.4) is 0 Å². The Morgan fingerprint density at radius 3 is 2.21 bits per heavy atom. The van der Waals surface area contributed by atoms with Crippen molar-refractivity contribution in [1.82, 2.24) is 9.21 Å². The standard InChI is InChI=1S/C24H27F3N2O4S/c1-15-12-28(14-17-6-8-20(9-7-17)24(25,26)27)13-16(2)29(15)34(32,33)22-5-3-4-18-10-19(23(30)31)11-21(18)22/h3-9,15-16,19H,10-14H2,1-2H3,(H,30,31)/t15-,16+,19?. The number of hydrogen-bond acceptors (Lipinski definition) is 4. The van der Waals surface area contributed by atoms with E-state index < -0.39 is 33.7 Å². The summed E-state index contributed by atoms with van der Waals surface area (Å²) in [6, 6.07) is 9.28. The Balaban J connectivity index is 1.51. The number of carboxylic acids is 1. The molecule has 1 unspecified atom stereocenters. The highest BCUT2D eigenvalue weighted by Crippen LogP contribution is 2.35. The van der Waals surface area contributed by atoms with Crippen LogP contribution in [0.1, 0.15) is 36.1 Å². The van der Waals surface area contributed by atoms with Crippen LogP contribution in [0.2, 0.25) is 0 Å². The Bertz CT molecular complexity index is 1170. The minimum atomic E-state index is -4.39. The Hall–Kier alpha value is -2.43. The van der Waals surface area contributed by atoms with E-state index in [4.69, 9.17) is 0 Å². The largest absolute Gasteiger partial charge is 0.481 e. The van der Waals surface area contributed by atoms with Gasteiger partial charge in [-0.1, -0.05) is 24.3 Å². The highest BCUT2D eigenvalue weighted by atomic mass is 32.2. The third kappa shape index (κ3) is 4.71. The number of carbonyl (C=O) groups is 1. The topological polar surface area (TPSA) is 77.9 Å². The predicted molar refractivity (Wildman–Crippen MR) is 120 cm³/mol. The van der Waals surface area contributed by atoms with Crippen LogP contribution in [-0.4, -0.2) is 53.9 Å². The molecule has 4 rings (SSSR count). The number of benzene rings is 2. The van der Waals surface area contributed by atoms with Crippen LogP contribution in [0.5, 0.6) is 0 Å². The van der Waals surface area contributed by atoms with Gasteiger partial charge in [0.05, 0.1) is 16.4 Å². The van der Waals surface area contributed by atoms with Crippen molar-refractivity contribution < 1.29 is 31.5 Å². The van der Waals surface area contributed by atoms with Crippen molar-refractivity contribution in [3.8, 4) is 0 Å². The number of nitrogens with zero attached hydrogens (tertiary/aromatic N) is 2. The first-order valence-corrected chi connectivity index (χ1v) is 12.6. The molecule has 1 aliphatic heterocycles. The third-order valence-corrected chi connectivity index (χ3v) is 8.87. The van der Waals surface area contributed by atoms with E-state index in [9.17, 15) is 31.5 Å². The zero-order valence-electron chi connectivity index (χ0n) is 18.9. The first-order valence-electron chi connectivity index (χ1n) is 11.1. The lowest BCUT2D eigenvalue weighted by Gasteiger charge is -2.43. The van der Waals surface area contributed by atoms with Gasteiger partial charge in [0.15, 0.2) is 0 Å². The summed E-state index contributed by atoms with van der Waals surface area (Å²) in [6.45, 7) is 4.91. The molecule has 10 heteroatoms. The lowest BCUT2D eigenvalue weighted by molar-refractivity contribution is -0.141. The smallest absolute Gasteiger partial charge is 0.416 e. The molecule has 184 valence electrons. The van der Waals surface area contributed by atoms with Gasteiger partial charge in [0, 0.05) is 31.7 Å². The SMILES string of the molecule is C[C@@H]1CN(Cc2ccc(C(F)(F)F)cc2)C[C@H](C)N1S(=O)(=O)c1cccc2c1CC(C(=O)O)C2. The maximum Gasteiger partial charge on any atom is 0.416 e. The second kappa shape index (κ2) is 8.98. The summed E-state index contributed by atoms with van der Waals surface area (Å²) >= 11 is 0. The predicted octanol–water partition coefficient (Wildman–Crippen LogP) is 3.79. The van der Waals surface area contributed by atoms with Crippen molar-refractivity contribution in [2.75, 3.05) is 13.1 Å². The average molecular weight is 497 g/mol. The van der Waals surface area contributed by atoms with Gasteiger partial charge < -0.3 is 5.11 Å². The van der Waals surface area contributed by atoms with Crippen LogP contribution < -0.4 is 0 Å². The van der Waals surface area contributed by atoms with Gasteiger partial charge in [0.2, 0.25) is 10.0 Å². The Labute approximate surface area is 197 Å². The lowest BCUT2D eigenvalue weighted by Crippen LogP contribution is -2.58. The molecule has 1 N–H and O–H groups in total. The van der Waals surface area contributed by atoms with Crippen molar-refractivity contribution in [2.24, 2.45) is 5.92 Å². The quantitative estimate of drug-likeness (QED) is 0.682. The first-order chi connectivity index (χ1) is 15.9. The fourth-order valence-electron chi connectivity index (χ4n) is 5.23. The molecule has 0 amide bonds. The highest BCUT2D eigenvalue weighted by Gasteiger charge is 2.41. The van der Waals surface area contributed by atoms with Crippen molar-refractivity contribution in [3.63, 3.8) is 0 Å². The van der Waals surface area contributed by atoms with Crippen molar-refractivity contribution >= 4 is 16.0 Å². The van der Waals surface area contributed by atoms with Crippen LogP contribution in [0.15, 0.2) is 47.4 Å². The first kappa shape index (κ1) is 24.7. The number of aliphatic carboxylic acids is 1. The molecule has 2 aromatic rings. The van der Waals surface area contributed by atoms with Crippen LogP contribution >= 0.6 is 0 Å². The van der Waals surface area contributed by atoms with Gasteiger partial charge in [-0.25, -0.2) is 8.42 Å². The molecule has 0 aromatic heterocycles. The number of hydrogen-bond donors (Lipinski definition) is 1. The number of rotatable bonds is 5. The van der Waals surface area contributed by atoms with E-state index in [2.05, 4.69) is 0 Å². The number of fused-ring (bicyclic) bond motifs is 1. The van der Waals surface area contributed by atoms with Gasteiger partial charge in [0.1, 0.15) is 0 Å². The Kier molecular flexibility index (Phi) is 6.52. The minimum Gasteiger partial charge on any atom is -0.481 e. The van der Waals surface area contributed by atoms with Gasteiger partial charge in [0.25, 0.3) is 0 Å². The van der Waals surface area contributed by atoms with Gasteiger partial charge in [-0.05, 0) is 61.6 Å². The van der Waals surface area contributed by atoms with Gasteiger partial charge in [-0.2, -0.15) is 17.5 Å². The molecule has 2 aromatic carbocycles. The van der Waals surface area contributed by atoms with E-state index in [1.807, 2.05) is 18.7 Å². The Morgan fingerprint density at radius 2 is 1.65 bits per heavy atom. The molecule has 0 radical (unpaired) electrons. The van der Waals surface area contributed by atoms with Crippen molar-refractivity contribution in [1.29, 1.82) is 0 Å². The van der Waals surface area contributed by atoms with Gasteiger partial charge in [-0.3, -0.25) is 9.69 Å². The second-order valence-electron chi connectivity index (χ2n) is 9.26. The molecule has 6 nitrogen and oxygen atoms in total. The number of piperazine rings is 1. The normalized spacial score (nSPS) is 24.2. The molecular formula is C24H27F3N2O4S. The van der Waals surface area contributed by atoms with E-state index >= 15 is 0 Å². The molecule has 0 spiro atoms. The molecule has 34 heavy (non-hydrogen) atoms. The fourth-order valence-corrected chi connectivity index (χ4v) is 7.31. The number of halogens is 3. The maximum atomic E-state index is 13.7. The van der Waals surface area contributed by atoms with Crippen LogP contribution in [0.25, 0.3) is 0 Å². The molecule has 1 fully saturated rings. The average Bonchev–Trinajstić information content (AvgIpc) is 3.17. The molecule has 0 saturated carbocycles. The summed E-state index contributed by atoms with van der Waals surface area (Å²) in [6.07, 6.45) is -3.87. The summed E-state index contributed by atoms with van der Waals surface area (Å²) in [7, 11) is -3.86. The zero-order valence-corrected chi connectivity index (χ0v) is 19.7. The van der Waals surface area contributed by atoms with Crippen LogP contribution in [-0.2, 0) is 40.4 Å². The molecule has 1 aliphatic carbocycles. The highest BCUT2D eigenvalue weighted by molar-refractivity contribution is 7.89. The molecule has 1 saturated heterocycles. The Morgan fingerprint density at radius 1 is 1.03 bits per heavy atom. The molecule has 2 aliphatic rings. The van der Waals surface area contributed by atoms with Crippen LogP contribution in [0, 0.1) is 5.92 Å². The minimum absolute atomic E-state index is 0.170. The van der Waals surface area contributed by atoms with E-state index in [0.29, 0.717) is 31.6 Å². The van der Waals surface area contributed by atoms with Crippen molar-refractivity contribution in [2.45, 2.75) is 56.4 Å². The van der Waals surface area contributed by atoms with Crippen molar-refractivity contribution in [3.05, 3.63) is 64.7 Å². The summed E-state index contributed by atoms with van der Waals surface area (Å²) in [5, 5.41) is 9.40. The summed E-state index contributed by atoms with van der Waals surface area (Å²) in [5.74, 6) is -1.56. The third-order valence-electron chi connectivity index (χ3n) is 6.65. The molecule has 3 atom stereocenters. The fraction of sp³-hybridized carbons (Fsp3) is 0.458. The van der Waals surface area contributed by atoms with E-state index in [0.717, 1.165) is 23.3 Å². The second-order valence-corrected chi connectivity index (χ2v) is 11.1. The van der Waals surface area contributed by atoms with Gasteiger partial charge in [-0.15, -0.1) is 0 Å². The molecule has 0 bridgehead atoms. The zero-order chi connectivity index (χ0) is 24.8. The van der Waals surface area contributed by atoms with Gasteiger partial charge >= 0.3 is 12.1 Å². The van der Waals surface area contributed by atoms with E-state index in [-0.39, 0.29) is 23.4 Å². The molecule has 1 heterocycles. The maximum absolute atomic E-state index is 13.7. The summed E-state index contributed by atoms with van der Waals surface area (Å²) < 4.78 is 67.3. The number of alkyl halides is 3. The number of sulfonamides is 1. The lowest BCUT2D eigenvalue weighted by atomic mass is 10.1. The summed E-state index contributed by atoms with van der Waals surface area (Å²) in [5.41, 5.74) is 1.37. The van der Waals surface area contributed by atoms with Crippen LogP contribution in [0.4, 0.5) is 13.2 Å². The number of carboxylic acid groups (broad SMARTS) is 1. The van der Waals surface area contributed by atoms with E-state index in [1.54, 1.807) is 18.2 Å². The molecular weight excluding hydrogens is 469 g/mol. The monoisotopic (exact) mass is 496 g/mol.